The van der Waals surface area contributed by atoms with Crippen LogP contribution in [-0.2, 0) is 9.59 Å². The predicted molar refractivity (Wildman–Crippen MR) is 83.1 cm³/mol. The molecule has 2 amide bonds. The van der Waals surface area contributed by atoms with Crippen LogP contribution in [0, 0.1) is 0 Å². The molecule has 0 aromatic heterocycles. The average Bonchev–Trinajstić information content (AvgIpc) is 2.62. The first-order valence-corrected chi connectivity index (χ1v) is 7.21. The van der Waals surface area contributed by atoms with E-state index < -0.39 is 31.0 Å². The molecule has 0 radical (unpaired) electrons. The normalized spacial score (nSPS) is 15.3. The fourth-order valence-electron chi connectivity index (χ4n) is 2.67. The Morgan fingerprint density at radius 2 is 1.42 bits per heavy atom. The van der Waals surface area contributed by atoms with Crippen LogP contribution < -0.4 is 9.80 Å². The number of amides is 2. The highest BCUT2D eigenvalue weighted by Crippen LogP contribution is 2.38. The lowest BCUT2D eigenvalue weighted by atomic mass is 10.2. The van der Waals surface area contributed by atoms with Gasteiger partial charge < -0.3 is 4.90 Å². The van der Waals surface area contributed by atoms with E-state index in [1.165, 1.54) is 23.1 Å². The molecule has 124 valence electrons. The zero-order valence-electron chi connectivity index (χ0n) is 12.5. The quantitative estimate of drug-likeness (QED) is 0.787. The lowest BCUT2D eigenvalue weighted by molar-refractivity contribution is -0.134. The zero-order chi connectivity index (χ0) is 17.3. The molecular formula is C17H13F3N2O2. The van der Waals surface area contributed by atoms with Gasteiger partial charge in [-0.05, 0) is 24.3 Å². The first kappa shape index (κ1) is 16.0. The average molecular weight is 334 g/mol. The van der Waals surface area contributed by atoms with Gasteiger partial charge in [-0.15, -0.1) is 0 Å². The molecule has 0 saturated heterocycles. The minimum Gasteiger partial charge on any atom is -0.301 e. The van der Waals surface area contributed by atoms with E-state index in [0.29, 0.717) is 10.6 Å². The summed E-state index contributed by atoms with van der Waals surface area (Å²) in [6.45, 7) is -1.43. The molecule has 0 N–H and O–H groups in total. The van der Waals surface area contributed by atoms with Gasteiger partial charge in [0.1, 0.15) is 13.0 Å². The highest BCUT2D eigenvalue weighted by molar-refractivity contribution is 6.18. The van der Waals surface area contributed by atoms with Gasteiger partial charge in [0.15, 0.2) is 0 Å². The summed E-state index contributed by atoms with van der Waals surface area (Å²) >= 11 is 0. The molecule has 2 aromatic carbocycles. The fourth-order valence-corrected chi connectivity index (χ4v) is 2.67. The SMILES string of the molecule is O=C1CC(=O)N(c2ccccc2)c2ccccc2N1CC(F)(F)F. The van der Waals surface area contributed by atoms with Gasteiger partial charge in [-0.25, -0.2) is 0 Å². The number of fused-ring (bicyclic) bond motifs is 1. The zero-order valence-corrected chi connectivity index (χ0v) is 12.5. The summed E-state index contributed by atoms with van der Waals surface area (Å²) in [6.07, 6.45) is -5.19. The standard InChI is InChI=1S/C17H13F3N2O2/c18-17(19,20)11-21-13-8-4-5-9-14(13)22(16(24)10-15(21)23)12-6-2-1-3-7-12/h1-9H,10-11H2. The highest BCUT2D eigenvalue weighted by Gasteiger charge is 2.38. The molecule has 7 heteroatoms. The van der Waals surface area contributed by atoms with E-state index in [0.717, 1.165) is 0 Å². The van der Waals surface area contributed by atoms with E-state index in [1.807, 2.05) is 0 Å². The van der Waals surface area contributed by atoms with Crippen LogP contribution in [0.15, 0.2) is 54.6 Å². The Labute approximate surface area is 136 Å². The summed E-state index contributed by atoms with van der Waals surface area (Å²) in [5.74, 6) is -1.44. The van der Waals surface area contributed by atoms with Crippen LogP contribution in [0.1, 0.15) is 6.42 Å². The van der Waals surface area contributed by atoms with Crippen molar-refractivity contribution >= 4 is 28.9 Å². The molecule has 0 atom stereocenters. The third kappa shape index (κ3) is 3.10. The van der Waals surface area contributed by atoms with Gasteiger partial charge in [-0.3, -0.25) is 14.5 Å². The van der Waals surface area contributed by atoms with Crippen molar-refractivity contribution in [2.24, 2.45) is 0 Å². The molecule has 4 nitrogen and oxygen atoms in total. The van der Waals surface area contributed by atoms with E-state index in [2.05, 4.69) is 0 Å². The summed E-state index contributed by atoms with van der Waals surface area (Å²) in [5, 5.41) is 0. The minimum atomic E-state index is -4.56. The van der Waals surface area contributed by atoms with Crippen molar-refractivity contribution in [1.82, 2.24) is 0 Å². The molecule has 0 aliphatic carbocycles. The summed E-state index contributed by atoms with van der Waals surface area (Å²) < 4.78 is 38.6. The third-order valence-corrected chi connectivity index (χ3v) is 3.62. The van der Waals surface area contributed by atoms with E-state index in [4.69, 9.17) is 0 Å². The third-order valence-electron chi connectivity index (χ3n) is 3.62. The van der Waals surface area contributed by atoms with Crippen molar-refractivity contribution in [2.75, 3.05) is 16.3 Å². The van der Waals surface area contributed by atoms with Crippen LogP contribution in [0.5, 0.6) is 0 Å². The van der Waals surface area contributed by atoms with Gasteiger partial charge in [0.25, 0.3) is 0 Å². The van der Waals surface area contributed by atoms with Crippen molar-refractivity contribution in [2.45, 2.75) is 12.6 Å². The number of carbonyl (C=O) groups excluding carboxylic acids is 2. The number of benzene rings is 2. The maximum Gasteiger partial charge on any atom is 0.406 e. The van der Waals surface area contributed by atoms with Crippen LogP contribution in [0.3, 0.4) is 0 Å². The molecule has 0 saturated carbocycles. The van der Waals surface area contributed by atoms with E-state index >= 15 is 0 Å². The van der Waals surface area contributed by atoms with Crippen LogP contribution in [0.2, 0.25) is 0 Å². The van der Waals surface area contributed by atoms with Gasteiger partial charge in [0.05, 0.1) is 11.4 Å². The van der Waals surface area contributed by atoms with Crippen LogP contribution >= 0.6 is 0 Å². The lowest BCUT2D eigenvalue weighted by Gasteiger charge is -2.26. The maximum atomic E-state index is 12.9. The Morgan fingerprint density at radius 1 is 0.833 bits per heavy atom. The number of nitrogens with zero attached hydrogens (tertiary/aromatic N) is 2. The highest BCUT2D eigenvalue weighted by atomic mass is 19.4. The summed E-state index contributed by atoms with van der Waals surface area (Å²) in [7, 11) is 0. The van der Waals surface area contributed by atoms with Gasteiger partial charge in [-0.1, -0.05) is 30.3 Å². The Hall–Kier alpha value is -2.83. The molecule has 0 spiro atoms. The number of carbonyl (C=O) groups is 2. The van der Waals surface area contributed by atoms with Crippen molar-refractivity contribution in [1.29, 1.82) is 0 Å². The summed E-state index contributed by atoms with van der Waals surface area (Å²) in [5.41, 5.74) is 0.815. The summed E-state index contributed by atoms with van der Waals surface area (Å²) in [6, 6.07) is 14.6. The molecule has 0 unspecified atom stereocenters. The second-order valence-corrected chi connectivity index (χ2v) is 5.33. The van der Waals surface area contributed by atoms with E-state index in [1.54, 1.807) is 36.4 Å². The molecule has 24 heavy (non-hydrogen) atoms. The fraction of sp³-hybridized carbons (Fsp3) is 0.176. The molecule has 1 aliphatic heterocycles. The number of alkyl halides is 3. The van der Waals surface area contributed by atoms with Gasteiger partial charge in [0.2, 0.25) is 11.8 Å². The number of hydrogen-bond donors (Lipinski definition) is 0. The first-order chi connectivity index (χ1) is 11.4. The van der Waals surface area contributed by atoms with Crippen LogP contribution in [0.4, 0.5) is 30.2 Å². The molecule has 2 aromatic rings. The van der Waals surface area contributed by atoms with Crippen LogP contribution in [-0.4, -0.2) is 24.5 Å². The molecule has 0 bridgehead atoms. The molecule has 1 aliphatic rings. The lowest BCUT2D eigenvalue weighted by Crippen LogP contribution is -2.39. The first-order valence-electron chi connectivity index (χ1n) is 7.21. The molecule has 0 fully saturated rings. The smallest absolute Gasteiger partial charge is 0.301 e. The van der Waals surface area contributed by atoms with Crippen LogP contribution in [0.25, 0.3) is 0 Å². The Morgan fingerprint density at radius 3 is 2.04 bits per heavy atom. The maximum absolute atomic E-state index is 12.9. The van der Waals surface area contributed by atoms with Crippen molar-refractivity contribution in [3.8, 4) is 0 Å². The Balaban J connectivity index is 2.15. The molecular weight excluding hydrogens is 321 g/mol. The molecule has 3 rings (SSSR count). The summed E-state index contributed by atoms with van der Waals surface area (Å²) in [4.78, 5) is 26.6. The number of para-hydroxylation sites is 3. The van der Waals surface area contributed by atoms with Crippen molar-refractivity contribution in [3.05, 3.63) is 54.6 Å². The van der Waals surface area contributed by atoms with E-state index in [9.17, 15) is 22.8 Å². The van der Waals surface area contributed by atoms with Crippen molar-refractivity contribution in [3.63, 3.8) is 0 Å². The number of hydrogen-bond acceptors (Lipinski definition) is 2. The predicted octanol–water partition coefficient (Wildman–Crippen LogP) is 3.65. The minimum absolute atomic E-state index is 0.0644. The number of anilines is 3. The second-order valence-electron chi connectivity index (χ2n) is 5.33. The monoisotopic (exact) mass is 334 g/mol. The van der Waals surface area contributed by atoms with Crippen molar-refractivity contribution < 1.29 is 22.8 Å². The number of halogens is 3. The molecule has 1 heterocycles. The van der Waals surface area contributed by atoms with Gasteiger partial charge in [-0.2, -0.15) is 13.2 Å². The van der Waals surface area contributed by atoms with Gasteiger partial charge >= 0.3 is 6.18 Å². The largest absolute Gasteiger partial charge is 0.406 e. The second kappa shape index (κ2) is 5.99. The Kier molecular flexibility index (Phi) is 4.01. The number of rotatable bonds is 2. The topological polar surface area (TPSA) is 40.6 Å². The Bertz CT molecular complexity index is 775. The van der Waals surface area contributed by atoms with E-state index in [-0.39, 0.29) is 11.4 Å². The van der Waals surface area contributed by atoms with Gasteiger partial charge in [0, 0.05) is 5.69 Å².